The lowest BCUT2D eigenvalue weighted by atomic mass is 10.1. The van der Waals surface area contributed by atoms with E-state index >= 15 is 0 Å². The summed E-state index contributed by atoms with van der Waals surface area (Å²) in [4.78, 5) is 14.1. The molecule has 2 aromatic rings. The van der Waals surface area contributed by atoms with Crippen LogP contribution in [0.4, 0.5) is 0 Å². The van der Waals surface area contributed by atoms with E-state index in [-0.39, 0.29) is 33.9 Å². The number of rotatable bonds is 5. The van der Waals surface area contributed by atoms with Crippen LogP contribution in [0.15, 0.2) is 47.4 Å². The molecule has 0 radical (unpaired) electrons. The number of benzene rings is 2. The normalized spacial score (nSPS) is 15.6. The highest BCUT2D eigenvalue weighted by Crippen LogP contribution is 2.31. The summed E-state index contributed by atoms with van der Waals surface area (Å²) in [6.45, 7) is 1.06. The van der Waals surface area contributed by atoms with Crippen LogP contribution in [0.1, 0.15) is 12.0 Å². The van der Waals surface area contributed by atoms with Gasteiger partial charge in [0, 0.05) is 37.6 Å². The summed E-state index contributed by atoms with van der Waals surface area (Å²) < 4.78 is 27.1. The molecule has 28 heavy (non-hydrogen) atoms. The molecule has 0 N–H and O–H groups in total. The molecular weight excluding hydrogens is 443 g/mol. The molecule has 0 saturated carbocycles. The Balaban J connectivity index is 1.60. The Morgan fingerprint density at radius 1 is 0.929 bits per heavy atom. The van der Waals surface area contributed by atoms with Crippen LogP contribution in [-0.2, 0) is 21.2 Å². The molecule has 0 spiro atoms. The van der Waals surface area contributed by atoms with Crippen molar-refractivity contribution in [3.8, 4) is 0 Å². The standard InChI is InChI=1S/C19H19Cl3N2O3S/c20-15-4-1-3-14(13-15)7-8-18(25)23-9-11-24(12-10-23)28(26,27)19-16(21)5-2-6-17(19)22/h1-6,13H,7-12H2. The van der Waals surface area contributed by atoms with E-state index in [2.05, 4.69) is 0 Å². The van der Waals surface area contributed by atoms with Crippen LogP contribution in [-0.4, -0.2) is 49.7 Å². The fourth-order valence-corrected chi connectivity index (χ4v) is 5.86. The van der Waals surface area contributed by atoms with Gasteiger partial charge in [0.25, 0.3) is 0 Å². The third-order valence-corrected chi connectivity index (χ3v) is 7.71. The number of aryl methyl sites for hydroxylation is 1. The Bertz CT molecular complexity index is 954. The summed E-state index contributed by atoms with van der Waals surface area (Å²) in [6, 6.07) is 12.0. The van der Waals surface area contributed by atoms with Gasteiger partial charge in [0.15, 0.2) is 0 Å². The van der Waals surface area contributed by atoms with E-state index in [0.717, 1.165) is 5.56 Å². The molecule has 0 unspecified atom stereocenters. The van der Waals surface area contributed by atoms with E-state index in [1.807, 2.05) is 18.2 Å². The summed E-state index contributed by atoms with van der Waals surface area (Å²) in [5, 5.41) is 0.821. The fraction of sp³-hybridized carbons (Fsp3) is 0.316. The number of nitrogens with zero attached hydrogens (tertiary/aromatic N) is 2. The quantitative estimate of drug-likeness (QED) is 0.673. The first-order valence-corrected chi connectivity index (χ1v) is 11.3. The lowest BCUT2D eigenvalue weighted by molar-refractivity contribution is -0.132. The zero-order chi connectivity index (χ0) is 20.3. The summed E-state index contributed by atoms with van der Waals surface area (Å²) in [7, 11) is -3.82. The van der Waals surface area contributed by atoms with Gasteiger partial charge in [-0.05, 0) is 36.2 Å². The van der Waals surface area contributed by atoms with Crippen molar-refractivity contribution in [2.24, 2.45) is 0 Å². The maximum Gasteiger partial charge on any atom is 0.246 e. The van der Waals surface area contributed by atoms with Crippen molar-refractivity contribution >= 4 is 50.7 Å². The van der Waals surface area contributed by atoms with Crippen molar-refractivity contribution in [2.45, 2.75) is 17.7 Å². The van der Waals surface area contributed by atoms with Crippen LogP contribution in [0.2, 0.25) is 15.1 Å². The molecule has 1 aliphatic rings. The first kappa shape index (κ1) is 21.4. The molecule has 0 aromatic heterocycles. The average Bonchev–Trinajstić information content (AvgIpc) is 2.66. The topological polar surface area (TPSA) is 57.7 Å². The zero-order valence-electron chi connectivity index (χ0n) is 14.9. The molecule has 0 aliphatic carbocycles. The second-order valence-electron chi connectivity index (χ2n) is 6.47. The summed E-state index contributed by atoms with van der Waals surface area (Å²) in [5.74, 6) is -0.00667. The van der Waals surface area contributed by atoms with Crippen LogP contribution >= 0.6 is 34.8 Å². The van der Waals surface area contributed by atoms with E-state index in [9.17, 15) is 13.2 Å². The summed E-state index contributed by atoms with van der Waals surface area (Å²) in [5.41, 5.74) is 0.996. The van der Waals surface area contributed by atoms with E-state index < -0.39 is 10.0 Å². The lowest BCUT2D eigenvalue weighted by Crippen LogP contribution is -2.50. The van der Waals surface area contributed by atoms with Gasteiger partial charge < -0.3 is 4.90 Å². The van der Waals surface area contributed by atoms with E-state index in [0.29, 0.717) is 31.0 Å². The molecular formula is C19H19Cl3N2O3S. The second-order valence-corrected chi connectivity index (χ2v) is 9.59. The molecule has 5 nitrogen and oxygen atoms in total. The highest BCUT2D eigenvalue weighted by atomic mass is 35.5. The predicted molar refractivity (Wildman–Crippen MR) is 112 cm³/mol. The second kappa shape index (κ2) is 9.01. The SMILES string of the molecule is O=C(CCc1cccc(Cl)c1)N1CCN(S(=O)(=O)c2c(Cl)cccc2Cl)CC1. The zero-order valence-corrected chi connectivity index (χ0v) is 18.0. The molecule has 150 valence electrons. The van der Waals surface area contributed by atoms with Crippen molar-refractivity contribution < 1.29 is 13.2 Å². The van der Waals surface area contributed by atoms with Gasteiger partial charge in [-0.3, -0.25) is 4.79 Å². The number of halogens is 3. The highest BCUT2D eigenvalue weighted by molar-refractivity contribution is 7.89. The molecule has 0 atom stereocenters. The van der Waals surface area contributed by atoms with Gasteiger partial charge in [-0.1, -0.05) is 53.0 Å². The van der Waals surface area contributed by atoms with Gasteiger partial charge in [-0.15, -0.1) is 0 Å². The van der Waals surface area contributed by atoms with Gasteiger partial charge in [0.2, 0.25) is 15.9 Å². The third-order valence-electron chi connectivity index (χ3n) is 4.62. The number of hydrogen-bond acceptors (Lipinski definition) is 3. The molecule has 1 fully saturated rings. The predicted octanol–water partition coefficient (Wildman–Crippen LogP) is 4.11. The molecule has 1 saturated heterocycles. The van der Waals surface area contributed by atoms with Gasteiger partial charge >= 0.3 is 0 Å². The lowest BCUT2D eigenvalue weighted by Gasteiger charge is -2.34. The molecule has 2 aromatic carbocycles. The number of piperazine rings is 1. The first-order chi connectivity index (χ1) is 13.3. The smallest absolute Gasteiger partial charge is 0.246 e. The van der Waals surface area contributed by atoms with Crippen LogP contribution in [0, 0.1) is 0 Å². The molecule has 9 heteroatoms. The first-order valence-electron chi connectivity index (χ1n) is 8.75. The van der Waals surface area contributed by atoms with Gasteiger partial charge in [0.1, 0.15) is 4.90 Å². The Hall–Kier alpha value is -1.31. The Kier molecular flexibility index (Phi) is 6.89. The third kappa shape index (κ3) is 4.81. The molecule has 1 aliphatic heterocycles. The van der Waals surface area contributed by atoms with Crippen molar-refractivity contribution in [1.29, 1.82) is 0 Å². The van der Waals surface area contributed by atoms with Gasteiger partial charge in [0.05, 0.1) is 10.0 Å². The summed E-state index contributed by atoms with van der Waals surface area (Å²) in [6.07, 6.45) is 0.941. The summed E-state index contributed by atoms with van der Waals surface area (Å²) >= 11 is 18.1. The van der Waals surface area contributed by atoms with Crippen molar-refractivity contribution in [3.05, 3.63) is 63.1 Å². The Labute approximate surface area is 179 Å². The Morgan fingerprint density at radius 2 is 1.54 bits per heavy atom. The fourth-order valence-electron chi connectivity index (χ4n) is 3.14. The Morgan fingerprint density at radius 3 is 2.14 bits per heavy atom. The highest BCUT2D eigenvalue weighted by Gasteiger charge is 2.32. The maximum atomic E-state index is 12.9. The minimum Gasteiger partial charge on any atom is -0.340 e. The maximum absolute atomic E-state index is 12.9. The van der Waals surface area contributed by atoms with Crippen molar-refractivity contribution in [1.82, 2.24) is 9.21 Å². The molecule has 3 rings (SSSR count). The van der Waals surface area contributed by atoms with Crippen LogP contribution in [0.5, 0.6) is 0 Å². The number of hydrogen-bond donors (Lipinski definition) is 0. The molecule has 1 amide bonds. The van der Waals surface area contributed by atoms with Crippen LogP contribution in [0.25, 0.3) is 0 Å². The van der Waals surface area contributed by atoms with Gasteiger partial charge in [-0.25, -0.2) is 8.42 Å². The van der Waals surface area contributed by atoms with E-state index in [4.69, 9.17) is 34.8 Å². The monoisotopic (exact) mass is 460 g/mol. The molecule has 1 heterocycles. The number of amides is 1. The number of carbonyl (C=O) groups is 1. The van der Waals surface area contributed by atoms with Crippen LogP contribution < -0.4 is 0 Å². The van der Waals surface area contributed by atoms with E-state index in [1.165, 1.54) is 16.4 Å². The minimum atomic E-state index is -3.82. The minimum absolute atomic E-state index is 0.00667. The molecule has 0 bridgehead atoms. The van der Waals surface area contributed by atoms with Crippen molar-refractivity contribution in [2.75, 3.05) is 26.2 Å². The van der Waals surface area contributed by atoms with Crippen LogP contribution in [0.3, 0.4) is 0 Å². The average molecular weight is 462 g/mol. The largest absolute Gasteiger partial charge is 0.340 e. The van der Waals surface area contributed by atoms with Gasteiger partial charge in [-0.2, -0.15) is 4.31 Å². The number of carbonyl (C=O) groups excluding carboxylic acids is 1. The van der Waals surface area contributed by atoms with Crippen molar-refractivity contribution in [3.63, 3.8) is 0 Å². The number of sulfonamides is 1. The van der Waals surface area contributed by atoms with E-state index in [1.54, 1.807) is 17.0 Å².